The maximum absolute atomic E-state index is 9.45. The molecule has 2 nitrogen and oxygen atoms in total. The third-order valence-corrected chi connectivity index (χ3v) is 2.46. The van der Waals surface area contributed by atoms with Crippen LogP contribution < -0.4 is 4.74 Å². The van der Waals surface area contributed by atoms with E-state index in [-0.39, 0.29) is 5.75 Å². The van der Waals surface area contributed by atoms with E-state index in [1.807, 2.05) is 19.2 Å². The van der Waals surface area contributed by atoms with Gasteiger partial charge in [-0.3, -0.25) is 0 Å². The number of aryl methyl sites for hydroxylation is 1. The monoisotopic (exact) mass is 184 g/mol. The van der Waals surface area contributed by atoms with Crippen molar-refractivity contribution in [3.63, 3.8) is 0 Å². The predicted octanol–water partition coefficient (Wildman–Crippen LogP) is 2.43. The van der Waals surface area contributed by atoms with Crippen LogP contribution in [-0.4, -0.2) is 18.5 Å². The molecule has 0 aliphatic carbocycles. The van der Waals surface area contributed by atoms with Gasteiger partial charge >= 0.3 is 0 Å². The lowest BCUT2D eigenvalue weighted by molar-refractivity contribution is 0.402. The fourth-order valence-corrected chi connectivity index (χ4v) is 1.60. The van der Waals surface area contributed by atoms with Crippen molar-refractivity contribution in [2.45, 2.75) is 11.8 Å². The highest BCUT2D eigenvalue weighted by atomic mass is 32.2. The molecule has 0 unspecified atom stereocenters. The molecule has 0 bridgehead atoms. The van der Waals surface area contributed by atoms with Crippen LogP contribution in [0.25, 0.3) is 0 Å². The molecule has 1 aromatic carbocycles. The topological polar surface area (TPSA) is 29.5 Å². The van der Waals surface area contributed by atoms with Crippen molar-refractivity contribution in [2.75, 3.05) is 13.4 Å². The minimum Gasteiger partial charge on any atom is -0.507 e. The van der Waals surface area contributed by atoms with E-state index in [2.05, 4.69) is 0 Å². The van der Waals surface area contributed by atoms with Gasteiger partial charge in [0, 0.05) is 11.0 Å². The summed E-state index contributed by atoms with van der Waals surface area (Å²) in [6.07, 6.45) is 1.93. The second kappa shape index (κ2) is 3.72. The molecule has 0 spiro atoms. The van der Waals surface area contributed by atoms with Crippen LogP contribution in [0.1, 0.15) is 5.56 Å². The molecular weight excluding hydrogens is 172 g/mol. The molecule has 0 fully saturated rings. The van der Waals surface area contributed by atoms with E-state index >= 15 is 0 Å². The molecule has 1 aromatic rings. The lowest BCUT2D eigenvalue weighted by Crippen LogP contribution is -1.87. The summed E-state index contributed by atoms with van der Waals surface area (Å²) >= 11 is 1.52. The highest BCUT2D eigenvalue weighted by Gasteiger charge is 2.04. The van der Waals surface area contributed by atoms with E-state index in [4.69, 9.17) is 4.74 Å². The zero-order valence-electron chi connectivity index (χ0n) is 7.42. The first-order chi connectivity index (χ1) is 5.69. The van der Waals surface area contributed by atoms with Crippen LogP contribution in [-0.2, 0) is 0 Å². The molecule has 0 amide bonds. The van der Waals surface area contributed by atoms with Gasteiger partial charge in [-0.25, -0.2) is 0 Å². The van der Waals surface area contributed by atoms with Gasteiger partial charge in [0.2, 0.25) is 0 Å². The molecule has 3 heteroatoms. The molecule has 1 rings (SSSR count). The van der Waals surface area contributed by atoms with Crippen molar-refractivity contribution >= 4 is 11.8 Å². The second-order valence-electron chi connectivity index (χ2n) is 2.49. The zero-order chi connectivity index (χ0) is 9.14. The van der Waals surface area contributed by atoms with E-state index in [0.29, 0.717) is 0 Å². The summed E-state index contributed by atoms with van der Waals surface area (Å²) in [6, 6.07) is 3.56. The van der Waals surface area contributed by atoms with E-state index in [0.717, 1.165) is 16.2 Å². The number of rotatable bonds is 2. The van der Waals surface area contributed by atoms with Gasteiger partial charge in [0.1, 0.15) is 11.5 Å². The molecule has 0 aromatic heterocycles. The van der Waals surface area contributed by atoms with Gasteiger partial charge in [0.25, 0.3) is 0 Å². The third kappa shape index (κ3) is 1.67. The molecule has 0 saturated heterocycles. The van der Waals surface area contributed by atoms with Crippen LogP contribution in [0.3, 0.4) is 0 Å². The predicted molar refractivity (Wildman–Crippen MR) is 51.2 cm³/mol. The number of methoxy groups -OCH3 is 1. The SMILES string of the molecule is COc1cc(O)c(SC)cc1C. The van der Waals surface area contributed by atoms with Crippen molar-refractivity contribution in [3.05, 3.63) is 17.7 Å². The Balaban J connectivity index is 3.16. The fourth-order valence-electron chi connectivity index (χ4n) is 1.03. The summed E-state index contributed by atoms with van der Waals surface area (Å²) in [5.74, 6) is 1.01. The molecule has 1 N–H and O–H groups in total. The quantitative estimate of drug-likeness (QED) is 0.716. The summed E-state index contributed by atoms with van der Waals surface area (Å²) in [5, 5.41) is 9.45. The molecule has 0 radical (unpaired) electrons. The average molecular weight is 184 g/mol. The van der Waals surface area contributed by atoms with Crippen LogP contribution in [0.5, 0.6) is 11.5 Å². The molecule has 0 aliphatic rings. The lowest BCUT2D eigenvalue weighted by atomic mass is 10.2. The number of hydrogen-bond donors (Lipinski definition) is 1. The Bertz CT molecular complexity index is 254. The average Bonchev–Trinajstić information content (AvgIpc) is 2.08. The van der Waals surface area contributed by atoms with E-state index < -0.39 is 0 Å². The number of hydrogen-bond acceptors (Lipinski definition) is 3. The van der Waals surface area contributed by atoms with E-state index in [1.54, 1.807) is 13.2 Å². The normalized spacial score (nSPS) is 9.92. The van der Waals surface area contributed by atoms with Gasteiger partial charge in [-0.2, -0.15) is 0 Å². The van der Waals surface area contributed by atoms with Crippen molar-refractivity contribution in [1.29, 1.82) is 0 Å². The van der Waals surface area contributed by atoms with Gasteiger partial charge in [-0.1, -0.05) is 0 Å². The maximum atomic E-state index is 9.45. The summed E-state index contributed by atoms with van der Waals surface area (Å²) in [4.78, 5) is 0.883. The number of phenolic OH excluding ortho intramolecular Hbond substituents is 1. The molecule has 0 atom stereocenters. The molecular formula is C9H12O2S. The first kappa shape index (κ1) is 9.26. The van der Waals surface area contributed by atoms with Crippen molar-refractivity contribution in [1.82, 2.24) is 0 Å². The number of thioether (sulfide) groups is 1. The number of ether oxygens (including phenoxy) is 1. The minimum absolute atomic E-state index is 0.282. The molecule has 0 aliphatic heterocycles. The van der Waals surface area contributed by atoms with Crippen molar-refractivity contribution < 1.29 is 9.84 Å². The first-order valence-corrected chi connectivity index (χ1v) is 4.83. The molecule has 0 saturated carbocycles. The van der Waals surface area contributed by atoms with Crippen LogP contribution in [0.4, 0.5) is 0 Å². The Morgan fingerprint density at radius 3 is 2.58 bits per heavy atom. The first-order valence-electron chi connectivity index (χ1n) is 3.60. The van der Waals surface area contributed by atoms with E-state index in [1.165, 1.54) is 11.8 Å². The van der Waals surface area contributed by atoms with Crippen LogP contribution in [0, 0.1) is 6.92 Å². The number of aromatic hydroxyl groups is 1. The van der Waals surface area contributed by atoms with Crippen LogP contribution in [0.15, 0.2) is 17.0 Å². The summed E-state index contributed by atoms with van der Waals surface area (Å²) < 4.78 is 5.06. The minimum atomic E-state index is 0.282. The Morgan fingerprint density at radius 1 is 1.42 bits per heavy atom. The highest BCUT2D eigenvalue weighted by Crippen LogP contribution is 2.32. The van der Waals surface area contributed by atoms with Gasteiger partial charge < -0.3 is 9.84 Å². The smallest absolute Gasteiger partial charge is 0.132 e. The lowest BCUT2D eigenvalue weighted by Gasteiger charge is -2.07. The molecule has 12 heavy (non-hydrogen) atoms. The van der Waals surface area contributed by atoms with E-state index in [9.17, 15) is 5.11 Å². The Labute approximate surface area is 76.6 Å². The summed E-state index contributed by atoms with van der Waals surface area (Å²) in [5.41, 5.74) is 1.04. The standard InChI is InChI=1S/C9H12O2S/c1-6-4-9(12-3)7(10)5-8(6)11-2/h4-5,10H,1-3H3. The van der Waals surface area contributed by atoms with Gasteiger partial charge in [0.15, 0.2) is 0 Å². The molecule has 0 heterocycles. The third-order valence-electron chi connectivity index (χ3n) is 1.70. The largest absolute Gasteiger partial charge is 0.507 e. The Kier molecular flexibility index (Phi) is 2.87. The maximum Gasteiger partial charge on any atom is 0.132 e. The fraction of sp³-hybridized carbons (Fsp3) is 0.333. The summed E-state index contributed by atoms with van der Waals surface area (Å²) in [7, 11) is 1.60. The zero-order valence-corrected chi connectivity index (χ0v) is 8.23. The second-order valence-corrected chi connectivity index (χ2v) is 3.34. The Morgan fingerprint density at radius 2 is 2.08 bits per heavy atom. The van der Waals surface area contributed by atoms with Gasteiger partial charge in [0.05, 0.1) is 7.11 Å². The summed E-state index contributed by atoms with van der Waals surface area (Å²) in [6.45, 7) is 1.96. The van der Waals surface area contributed by atoms with Gasteiger partial charge in [-0.05, 0) is 24.8 Å². The van der Waals surface area contributed by atoms with Crippen molar-refractivity contribution in [3.8, 4) is 11.5 Å². The number of phenols is 1. The van der Waals surface area contributed by atoms with Crippen LogP contribution >= 0.6 is 11.8 Å². The molecule has 66 valence electrons. The number of benzene rings is 1. The highest BCUT2D eigenvalue weighted by molar-refractivity contribution is 7.98. The van der Waals surface area contributed by atoms with Crippen LogP contribution in [0.2, 0.25) is 0 Å². The van der Waals surface area contributed by atoms with Gasteiger partial charge in [-0.15, -0.1) is 11.8 Å². The van der Waals surface area contributed by atoms with Crippen molar-refractivity contribution in [2.24, 2.45) is 0 Å². The Hall–Kier alpha value is -0.830.